The van der Waals surface area contributed by atoms with Gasteiger partial charge in [0.1, 0.15) is 11.6 Å². The van der Waals surface area contributed by atoms with E-state index in [1.54, 1.807) is 13.0 Å². The lowest BCUT2D eigenvalue weighted by Crippen LogP contribution is -1.95. The lowest BCUT2D eigenvalue weighted by Gasteiger charge is -2.06. The first kappa shape index (κ1) is 9.77. The highest BCUT2D eigenvalue weighted by Crippen LogP contribution is 2.24. The summed E-state index contributed by atoms with van der Waals surface area (Å²) in [6, 6.07) is 3.21. The van der Waals surface area contributed by atoms with E-state index < -0.39 is 0 Å². The second-order valence-corrected chi connectivity index (χ2v) is 3.63. The minimum Gasteiger partial charge on any atom is -0.493 e. The van der Waals surface area contributed by atoms with E-state index in [9.17, 15) is 4.39 Å². The Labute approximate surface area is 85.1 Å². The van der Waals surface area contributed by atoms with Crippen LogP contribution in [0.2, 0.25) is 0 Å². The van der Waals surface area contributed by atoms with Crippen LogP contribution in [0, 0.1) is 16.3 Å². The molecule has 0 amide bonds. The van der Waals surface area contributed by atoms with Gasteiger partial charge in [0, 0.05) is 6.07 Å². The number of benzene rings is 1. The molecule has 0 atom stereocenters. The number of ether oxygens (including phenoxy) is 1. The molecule has 0 saturated heterocycles. The summed E-state index contributed by atoms with van der Waals surface area (Å²) in [4.78, 5) is 0. The van der Waals surface area contributed by atoms with E-state index in [1.165, 1.54) is 6.07 Å². The van der Waals surface area contributed by atoms with Gasteiger partial charge in [0.15, 0.2) is 0 Å². The molecule has 1 rings (SSSR count). The Hall–Kier alpha value is -0.320. The van der Waals surface area contributed by atoms with Gasteiger partial charge in [-0.1, -0.05) is 0 Å². The molecule has 0 heterocycles. The fourth-order valence-corrected chi connectivity index (χ4v) is 1.67. The minimum absolute atomic E-state index is 0.209. The molecule has 12 heavy (non-hydrogen) atoms. The van der Waals surface area contributed by atoms with E-state index in [-0.39, 0.29) is 5.82 Å². The second kappa shape index (κ2) is 4.07. The second-order valence-electron chi connectivity index (χ2n) is 2.46. The summed E-state index contributed by atoms with van der Waals surface area (Å²) in [5.74, 6) is 0.417. The smallest absolute Gasteiger partial charge is 0.135 e. The van der Waals surface area contributed by atoms with Crippen molar-refractivity contribution in [1.82, 2.24) is 0 Å². The van der Waals surface area contributed by atoms with Crippen molar-refractivity contribution in [2.24, 2.45) is 0 Å². The first-order valence-corrected chi connectivity index (χ1v) is 4.81. The first-order valence-electron chi connectivity index (χ1n) is 3.73. The third-order valence-corrected chi connectivity index (χ3v) is 2.36. The van der Waals surface area contributed by atoms with E-state index in [2.05, 4.69) is 22.6 Å². The van der Waals surface area contributed by atoms with E-state index in [1.807, 2.05) is 6.92 Å². The van der Waals surface area contributed by atoms with Crippen molar-refractivity contribution in [3.63, 3.8) is 0 Å². The fourth-order valence-electron chi connectivity index (χ4n) is 0.894. The molecule has 0 radical (unpaired) electrons. The van der Waals surface area contributed by atoms with Gasteiger partial charge >= 0.3 is 0 Å². The maximum absolute atomic E-state index is 13.0. The van der Waals surface area contributed by atoms with Gasteiger partial charge in [0.2, 0.25) is 0 Å². The van der Waals surface area contributed by atoms with Crippen LogP contribution in [-0.2, 0) is 0 Å². The molecule has 66 valence electrons. The lowest BCUT2D eigenvalue weighted by atomic mass is 10.2. The van der Waals surface area contributed by atoms with Crippen LogP contribution >= 0.6 is 22.6 Å². The number of rotatable bonds is 2. The molecule has 1 aromatic rings. The Kier molecular flexibility index (Phi) is 3.31. The molecule has 1 nitrogen and oxygen atoms in total. The highest BCUT2D eigenvalue weighted by atomic mass is 127. The summed E-state index contributed by atoms with van der Waals surface area (Å²) in [7, 11) is 0. The summed E-state index contributed by atoms with van der Waals surface area (Å²) >= 11 is 2.13. The van der Waals surface area contributed by atoms with Crippen molar-refractivity contribution in [3.8, 4) is 5.75 Å². The van der Waals surface area contributed by atoms with E-state index in [4.69, 9.17) is 4.74 Å². The molecule has 0 aliphatic rings. The summed E-state index contributed by atoms with van der Waals surface area (Å²) in [5, 5.41) is 0. The molecule has 0 unspecified atom stereocenters. The Morgan fingerprint density at radius 2 is 2.17 bits per heavy atom. The van der Waals surface area contributed by atoms with Crippen molar-refractivity contribution < 1.29 is 9.13 Å². The lowest BCUT2D eigenvalue weighted by molar-refractivity contribution is 0.335. The van der Waals surface area contributed by atoms with Gasteiger partial charge in [-0.15, -0.1) is 0 Å². The van der Waals surface area contributed by atoms with Crippen LogP contribution in [-0.4, -0.2) is 6.61 Å². The van der Waals surface area contributed by atoms with Crippen molar-refractivity contribution in [3.05, 3.63) is 27.1 Å². The van der Waals surface area contributed by atoms with Gasteiger partial charge in [-0.05, 0) is 48.1 Å². The van der Waals surface area contributed by atoms with Gasteiger partial charge in [0.05, 0.1) is 10.2 Å². The standard InChI is InChI=1S/C9H10FIO/c1-3-12-9-5-7(10)6(2)4-8(9)11/h4-5H,3H2,1-2H3. The summed E-state index contributed by atoms with van der Waals surface area (Å²) < 4.78 is 19.2. The number of aryl methyl sites for hydroxylation is 1. The summed E-state index contributed by atoms with van der Waals surface area (Å²) in [6.07, 6.45) is 0. The summed E-state index contributed by atoms with van der Waals surface area (Å²) in [6.45, 7) is 4.19. The maximum atomic E-state index is 13.0. The quantitative estimate of drug-likeness (QED) is 0.756. The maximum Gasteiger partial charge on any atom is 0.135 e. The predicted molar refractivity (Wildman–Crippen MR) is 55.0 cm³/mol. The molecule has 0 aliphatic heterocycles. The van der Waals surface area contributed by atoms with Crippen molar-refractivity contribution in [2.75, 3.05) is 6.61 Å². The van der Waals surface area contributed by atoms with Crippen molar-refractivity contribution in [2.45, 2.75) is 13.8 Å². The van der Waals surface area contributed by atoms with E-state index >= 15 is 0 Å². The molecule has 0 aromatic heterocycles. The average molecular weight is 280 g/mol. The SMILES string of the molecule is CCOc1cc(F)c(C)cc1I. The zero-order valence-electron chi connectivity index (χ0n) is 7.03. The number of halogens is 2. The third-order valence-electron chi connectivity index (χ3n) is 1.51. The van der Waals surface area contributed by atoms with Crippen LogP contribution in [0.4, 0.5) is 4.39 Å². The van der Waals surface area contributed by atoms with Gasteiger partial charge in [-0.3, -0.25) is 0 Å². The van der Waals surface area contributed by atoms with Crippen LogP contribution in [0.1, 0.15) is 12.5 Å². The van der Waals surface area contributed by atoms with E-state index in [0.717, 1.165) is 3.57 Å². The molecular weight excluding hydrogens is 270 g/mol. The van der Waals surface area contributed by atoms with Gasteiger partial charge in [-0.25, -0.2) is 4.39 Å². The highest BCUT2D eigenvalue weighted by molar-refractivity contribution is 14.1. The average Bonchev–Trinajstić information content (AvgIpc) is 2.01. The molecule has 0 saturated carbocycles. The predicted octanol–water partition coefficient (Wildman–Crippen LogP) is 3.14. The first-order chi connectivity index (χ1) is 5.65. The van der Waals surface area contributed by atoms with E-state index in [0.29, 0.717) is 17.9 Å². The van der Waals surface area contributed by atoms with Crippen molar-refractivity contribution in [1.29, 1.82) is 0 Å². The number of hydrogen-bond acceptors (Lipinski definition) is 1. The van der Waals surface area contributed by atoms with Gasteiger partial charge in [0.25, 0.3) is 0 Å². The van der Waals surface area contributed by atoms with Crippen LogP contribution in [0.25, 0.3) is 0 Å². The molecule has 0 N–H and O–H groups in total. The normalized spacial score (nSPS) is 10.0. The Morgan fingerprint density at radius 1 is 1.50 bits per heavy atom. The zero-order chi connectivity index (χ0) is 9.14. The molecular formula is C9H10FIO. The molecule has 0 bridgehead atoms. The minimum atomic E-state index is -0.209. The Bertz CT molecular complexity index is 286. The highest BCUT2D eigenvalue weighted by Gasteiger charge is 2.04. The molecule has 3 heteroatoms. The number of hydrogen-bond donors (Lipinski definition) is 0. The molecule has 0 aliphatic carbocycles. The monoisotopic (exact) mass is 280 g/mol. The Balaban J connectivity index is 3.05. The van der Waals surface area contributed by atoms with Crippen molar-refractivity contribution >= 4 is 22.6 Å². The van der Waals surface area contributed by atoms with Crippen LogP contribution in [0.3, 0.4) is 0 Å². The molecule has 0 fully saturated rings. The van der Waals surface area contributed by atoms with Crippen LogP contribution in [0.5, 0.6) is 5.75 Å². The summed E-state index contributed by atoms with van der Waals surface area (Å²) in [5.41, 5.74) is 0.655. The largest absolute Gasteiger partial charge is 0.493 e. The zero-order valence-corrected chi connectivity index (χ0v) is 9.18. The van der Waals surface area contributed by atoms with Gasteiger partial charge in [-0.2, -0.15) is 0 Å². The third kappa shape index (κ3) is 2.09. The van der Waals surface area contributed by atoms with Gasteiger partial charge < -0.3 is 4.74 Å². The fraction of sp³-hybridized carbons (Fsp3) is 0.333. The Morgan fingerprint density at radius 3 is 2.75 bits per heavy atom. The van der Waals surface area contributed by atoms with Crippen LogP contribution in [0.15, 0.2) is 12.1 Å². The topological polar surface area (TPSA) is 9.23 Å². The molecule has 1 aromatic carbocycles. The van der Waals surface area contributed by atoms with Crippen LogP contribution < -0.4 is 4.74 Å². The molecule has 0 spiro atoms.